The average Bonchev–Trinajstić information content (AvgIpc) is 2.78. The molecular formula is C14H16FN3O3. The maximum atomic E-state index is 14.3. The summed E-state index contributed by atoms with van der Waals surface area (Å²) in [4.78, 5) is 26.3. The fraction of sp³-hybridized carbons (Fsp3) is 0.429. The fourth-order valence-electron chi connectivity index (χ4n) is 2.64. The van der Waals surface area contributed by atoms with E-state index in [1.165, 1.54) is 21.9 Å². The highest BCUT2D eigenvalue weighted by Crippen LogP contribution is 2.28. The Bertz CT molecular complexity index is 593. The number of amides is 2. The Kier molecular flexibility index (Phi) is 3.60. The molecule has 2 fully saturated rings. The molecule has 2 saturated heterocycles. The Morgan fingerprint density at radius 3 is 2.67 bits per heavy atom. The van der Waals surface area contributed by atoms with E-state index in [2.05, 4.69) is 0 Å². The fourth-order valence-corrected chi connectivity index (χ4v) is 2.64. The summed E-state index contributed by atoms with van der Waals surface area (Å²) in [7, 11) is 0. The molecule has 0 saturated carbocycles. The molecule has 21 heavy (non-hydrogen) atoms. The van der Waals surface area contributed by atoms with Gasteiger partial charge in [-0.25, -0.2) is 4.39 Å². The summed E-state index contributed by atoms with van der Waals surface area (Å²) in [6.07, 6.45) is 0.225. The van der Waals surface area contributed by atoms with Gasteiger partial charge < -0.3 is 20.3 Å². The number of carbonyl (C=O) groups is 2. The second-order valence-corrected chi connectivity index (χ2v) is 5.20. The van der Waals surface area contributed by atoms with Crippen LogP contribution < -0.4 is 15.5 Å². The van der Waals surface area contributed by atoms with Crippen LogP contribution in [0.2, 0.25) is 0 Å². The van der Waals surface area contributed by atoms with E-state index >= 15 is 0 Å². The van der Waals surface area contributed by atoms with E-state index in [9.17, 15) is 14.0 Å². The van der Waals surface area contributed by atoms with Crippen LogP contribution >= 0.6 is 0 Å². The highest BCUT2D eigenvalue weighted by Gasteiger charge is 2.30. The van der Waals surface area contributed by atoms with Crippen molar-refractivity contribution in [2.75, 3.05) is 36.1 Å². The lowest BCUT2D eigenvalue weighted by atomic mass is 10.2. The minimum atomic E-state index is -0.533. The van der Waals surface area contributed by atoms with Crippen LogP contribution in [0.1, 0.15) is 6.42 Å². The van der Waals surface area contributed by atoms with E-state index in [-0.39, 0.29) is 36.6 Å². The lowest BCUT2D eigenvalue weighted by Gasteiger charge is -2.27. The Balaban J connectivity index is 1.86. The van der Waals surface area contributed by atoms with E-state index in [0.29, 0.717) is 25.4 Å². The molecule has 2 amide bonds. The molecule has 0 aliphatic carbocycles. The van der Waals surface area contributed by atoms with Crippen LogP contribution in [0.3, 0.4) is 0 Å². The lowest BCUT2D eigenvalue weighted by molar-refractivity contribution is -0.125. The van der Waals surface area contributed by atoms with Gasteiger partial charge in [0.25, 0.3) is 5.91 Å². The summed E-state index contributed by atoms with van der Waals surface area (Å²) in [6, 6.07) is 4.16. The van der Waals surface area contributed by atoms with E-state index < -0.39 is 5.82 Å². The smallest absolute Gasteiger partial charge is 0.253 e. The van der Waals surface area contributed by atoms with E-state index in [4.69, 9.17) is 10.5 Å². The Morgan fingerprint density at radius 1 is 1.24 bits per heavy atom. The van der Waals surface area contributed by atoms with Crippen LogP contribution in [0, 0.1) is 5.82 Å². The number of anilines is 2. The molecule has 0 bridgehead atoms. The number of nitrogens with two attached hydrogens (primary N) is 1. The van der Waals surface area contributed by atoms with Gasteiger partial charge in [0.15, 0.2) is 0 Å². The first-order valence-electron chi connectivity index (χ1n) is 6.80. The summed E-state index contributed by atoms with van der Waals surface area (Å²) >= 11 is 0. The summed E-state index contributed by atoms with van der Waals surface area (Å²) < 4.78 is 19.3. The number of hydrogen-bond donors (Lipinski definition) is 1. The summed E-state index contributed by atoms with van der Waals surface area (Å²) in [5.74, 6) is -0.918. The van der Waals surface area contributed by atoms with Crippen molar-refractivity contribution >= 4 is 23.2 Å². The lowest BCUT2D eigenvalue weighted by Crippen LogP contribution is -2.41. The van der Waals surface area contributed by atoms with Crippen LogP contribution in [0.25, 0.3) is 0 Å². The quantitative estimate of drug-likeness (QED) is 0.848. The van der Waals surface area contributed by atoms with Crippen LogP contribution in [-0.4, -0.2) is 44.2 Å². The molecule has 0 aromatic heterocycles. The van der Waals surface area contributed by atoms with Gasteiger partial charge in [-0.1, -0.05) is 0 Å². The van der Waals surface area contributed by atoms with Gasteiger partial charge in [-0.05, 0) is 18.2 Å². The molecule has 2 aliphatic heterocycles. The molecule has 2 heterocycles. The number of hydrogen-bond acceptors (Lipinski definition) is 4. The molecule has 2 aliphatic rings. The minimum Gasteiger partial charge on any atom is -0.370 e. The van der Waals surface area contributed by atoms with Crippen molar-refractivity contribution in [1.82, 2.24) is 0 Å². The predicted molar refractivity (Wildman–Crippen MR) is 74.5 cm³/mol. The van der Waals surface area contributed by atoms with Crippen molar-refractivity contribution in [3.8, 4) is 0 Å². The maximum absolute atomic E-state index is 14.3. The molecule has 0 spiro atoms. The third-order valence-electron chi connectivity index (χ3n) is 3.67. The normalized spacial score (nSPS) is 23.0. The van der Waals surface area contributed by atoms with Gasteiger partial charge in [0.2, 0.25) is 5.91 Å². The first-order valence-corrected chi connectivity index (χ1v) is 6.80. The summed E-state index contributed by atoms with van der Waals surface area (Å²) in [5.41, 5.74) is 6.39. The molecule has 1 aromatic rings. The molecule has 112 valence electrons. The van der Waals surface area contributed by atoms with Crippen LogP contribution in [0.5, 0.6) is 0 Å². The maximum Gasteiger partial charge on any atom is 0.253 e. The molecular weight excluding hydrogens is 277 g/mol. The van der Waals surface area contributed by atoms with Crippen molar-refractivity contribution in [3.05, 3.63) is 24.0 Å². The highest BCUT2D eigenvalue weighted by atomic mass is 19.1. The highest BCUT2D eigenvalue weighted by molar-refractivity contribution is 5.98. The van der Waals surface area contributed by atoms with Crippen LogP contribution in [-0.2, 0) is 14.3 Å². The molecule has 3 rings (SSSR count). The van der Waals surface area contributed by atoms with Gasteiger partial charge in [0.1, 0.15) is 12.4 Å². The topological polar surface area (TPSA) is 75.9 Å². The van der Waals surface area contributed by atoms with Crippen molar-refractivity contribution < 1.29 is 18.7 Å². The SMILES string of the molecule is NC1CC(=O)N(c2ccc(N3CCOCC3=O)cc2F)C1. The van der Waals surface area contributed by atoms with Gasteiger partial charge in [0.05, 0.1) is 12.3 Å². The predicted octanol–water partition coefficient (Wildman–Crippen LogP) is 0.253. The second kappa shape index (κ2) is 5.42. The number of nitrogens with zero attached hydrogens (tertiary/aromatic N) is 2. The molecule has 7 heteroatoms. The summed E-state index contributed by atoms with van der Waals surface area (Å²) in [6.45, 7) is 1.13. The first kappa shape index (κ1) is 14.0. The number of benzene rings is 1. The van der Waals surface area contributed by atoms with Crippen molar-refractivity contribution in [2.24, 2.45) is 5.73 Å². The zero-order chi connectivity index (χ0) is 15.0. The standard InChI is InChI=1S/C14H16FN3O3/c15-11-6-10(17-3-4-21-8-14(17)20)1-2-12(11)18-7-9(16)5-13(18)19/h1-2,6,9H,3-5,7-8,16H2. The van der Waals surface area contributed by atoms with Gasteiger partial charge in [-0.15, -0.1) is 0 Å². The Hall–Kier alpha value is -1.99. The zero-order valence-electron chi connectivity index (χ0n) is 11.4. The second-order valence-electron chi connectivity index (χ2n) is 5.20. The number of carbonyl (C=O) groups excluding carboxylic acids is 2. The van der Waals surface area contributed by atoms with E-state index in [1.807, 2.05) is 0 Å². The molecule has 1 unspecified atom stereocenters. The van der Waals surface area contributed by atoms with Crippen LogP contribution in [0.4, 0.5) is 15.8 Å². The van der Waals surface area contributed by atoms with E-state index in [0.717, 1.165) is 0 Å². The number of halogens is 1. The largest absolute Gasteiger partial charge is 0.370 e. The summed E-state index contributed by atoms with van der Waals surface area (Å²) in [5, 5.41) is 0. The van der Waals surface area contributed by atoms with Gasteiger partial charge >= 0.3 is 0 Å². The average molecular weight is 293 g/mol. The molecule has 1 aromatic carbocycles. The van der Waals surface area contributed by atoms with Crippen molar-refractivity contribution in [2.45, 2.75) is 12.5 Å². The minimum absolute atomic E-state index is 0.00281. The van der Waals surface area contributed by atoms with E-state index in [1.54, 1.807) is 6.07 Å². The number of rotatable bonds is 2. The number of ether oxygens (including phenoxy) is 1. The molecule has 0 radical (unpaired) electrons. The van der Waals surface area contributed by atoms with Crippen LogP contribution in [0.15, 0.2) is 18.2 Å². The van der Waals surface area contributed by atoms with Gasteiger partial charge in [-0.2, -0.15) is 0 Å². The van der Waals surface area contributed by atoms with Gasteiger partial charge in [0, 0.05) is 31.2 Å². The first-order chi connectivity index (χ1) is 10.1. The monoisotopic (exact) mass is 293 g/mol. The number of morpholine rings is 1. The molecule has 1 atom stereocenters. The third-order valence-corrected chi connectivity index (χ3v) is 3.67. The van der Waals surface area contributed by atoms with Crippen molar-refractivity contribution in [1.29, 1.82) is 0 Å². The Labute approximate surface area is 121 Å². The molecule has 6 nitrogen and oxygen atoms in total. The zero-order valence-corrected chi connectivity index (χ0v) is 11.4. The third kappa shape index (κ3) is 2.62. The Morgan fingerprint density at radius 2 is 2.05 bits per heavy atom. The molecule has 2 N–H and O–H groups in total. The van der Waals surface area contributed by atoms with Gasteiger partial charge in [-0.3, -0.25) is 9.59 Å². The van der Waals surface area contributed by atoms with Crippen molar-refractivity contribution in [3.63, 3.8) is 0 Å².